The van der Waals surface area contributed by atoms with E-state index in [0.717, 1.165) is 23.7 Å². The average molecular weight is 206 g/mol. The lowest BCUT2D eigenvalue weighted by atomic mass is 10.0. The van der Waals surface area contributed by atoms with E-state index in [1.54, 1.807) is 7.11 Å². The number of nitrogens with one attached hydrogen (secondary N) is 2. The summed E-state index contributed by atoms with van der Waals surface area (Å²) in [6.07, 6.45) is 0. The third-order valence-corrected chi connectivity index (χ3v) is 2.88. The van der Waals surface area contributed by atoms with Crippen LogP contribution in [-0.2, 0) is 0 Å². The van der Waals surface area contributed by atoms with Crippen LogP contribution >= 0.6 is 0 Å². The van der Waals surface area contributed by atoms with Gasteiger partial charge < -0.3 is 15.4 Å². The van der Waals surface area contributed by atoms with Gasteiger partial charge in [-0.1, -0.05) is 13.8 Å². The summed E-state index contributed by atoms with van der Waals surface area (Å²) in [5.41, 5.74) is 2.30. The van der Waals surface area contributed by atoms with Crippen LogP contribution < -0.4 is 15.4 Å². The highest BCUT2D eigenvalue weighted by atomic mass is 16.5. The van der Waals surface area contributed by atoms with Crippen LogP contribution in [-0.4, -0.2) is 19.7 Å². The molecule has 0 saturated heterocycles. The molecule has 0 saturated carbocycles. The zero-order chi connectivity index (χ0) is 10.8. The fourth-order valence-corrected chi connectivity index (χ4v) is 1.80. The molecule has 0 fully saturated rings. The Hall–Kier alpha value is -1.38. The molecule has 1 aliphatic rings. The molecule has 1 unspecified atom stereocenters. The molecule has 0 bridgehead atoms. The molecular weight excluding hydrogens is 188 g/mol. The molecule has 3 heteroatoms. The lowest BCUT2D eigenvalue weighted by Crippen LogP contribution is -2.36. The van der Waals surface area contributed by atoms with E-state index >= 15 is 0 Å². The van der Waals surface area contributed by atoms with E-state index in [4.69, 9.17) is 4.74 Å². The summed E-state index contributed by atoms with van der Waals surface area (Å²) in [5.74, 6) is 1.52. The number of rotatable bonds is 2. The average Bonchev–Trinajstić information content (AvgIpc) is 2.27. The van der Waals surface area contributed by atoms with Crippen molar-refractivity contribution in [2.24, 2.45) is 5.92 Å². The normalized spacial score (nSPS) is 19.1. The number of hydrogen-bond donors (Lipinski definition) is 2. The summed E-state index contributed by atoms with van der Waals surface area (Å²) < 4.78 is 5.21. The van der Waals surface area contributed by atoms with Gasteiger partial charge in [-0.3, -0.25) is 0 Å². The SMILES string of the molecule is COc1ccc2c(c1)NC(C(C)C)CN2. The molecule has 0 radical (unpaired) electrons. The van der Waals surface area contributed by atoms with Crippen molar-refractivity contribution < 1.29 is 4.74 Å². The summed E-state index contributed by atoms with van der Waals surface area (Å²) >= 11 is 0. The van der Waals surface area contributed by atoms with Gasteiger partial charge in [0.05, 0.1) is 18.5 Å². The van der Waals surface area contributed by atoms with Gasteiger partial charge >= 0.3 is 0 Å². The number of ether oxygens (including phenoxy) is 1. The largest absolute Gasteiger partial charge is 0.497 e. The van der Waals surface area contributed by atoms with Gasteiger partial charge in [-0.05, 0) is 18.1 Å². The van der Waals surface area contributed by atoms with Crippen LogP contribution in [0.5, 0.6) is 5.75 Å². The van der Waals surface area contributed by atoms with Gasteiger partial charge in [-0.15, -0.1) is 0 Å². The minimum atomic E-state index is 0.490. The third-order valence-electron chi connectivity index (χ3n) is 2.88. The predicted octanol–water partition coefficient (Wildman–Crippen LogP) is 2.56. The topological polar surface area (TPSA) is 33.3 Å². The maximum Gasteiger partial charge on any atom is 0.121 e. The Kier molecular flexibility index (Phi) is 2.71. The molecule has 2 rings (SSSR count). The van der Waals surface area contributed by atoms with E-state index in [9.17, 15) is 0 Å². The Morgan fingerprint density at radius 2 is 2.13 bits per heavy atom. The van der Waals surface area contributed by atoms with Crippen molar-refractivity contribution in [3.8, 4) is 5.75 Å². The first-order chi connectivity index (χ1) is 7.20. The Morgan fingerprint density at radius 1 is 1.33 bits per heavy atom. The molecule has 82 valence electrons. The first-order valence-electron chi connectivity index (χ1n) is 5.39. The Balaban J connectivity index is 2.23. The van der Waals surface area contributed by atoms with E-state index in [2.05, 4.69) is 30.5 Å². The lowest BCUT2D eigenvalue weighted by Gasteiger charge is -2.31. The fraction of sp³-hybridized carbons (Fsp3) is 0.500. The van der Waals surface area contributed by atoms with Gasteiger partial charge in [0, 0.05) is 18.7 Å². The minimum Gasteiger partial charge on any atom is -0.497 e. The molecule has 3 nitrogen and oxygen atoms in total. The minimum absolute atomic E-state index is 0.490. The molecule has 15 heavy (non-hydrogen) atoms. The Labute approximate surface area is 90.8 Å². The Bertz CT molecular complexity index is 349. The molecular formula is C12H18N2O. The second-order valence-electron chi connectivity index (χ2n) is 4.29. The number of methoxy groups -OCH3 is 1. The molecule has 2 N–H and O–H groups in total. The summed E-state index contributed by atoms with van der Waals surface area (Å²) in [7, 11) is 1.69. The number of benzene rings is 1. The van der Waals surface area contributed by atoms with Gasteiger partial charge in [0.15, 0.2) is 0 Å². The molecule has 1 atom stereocenters. The Morgan fingerprint density at radius 3 is 2.80 bits per heavy atom. The lowest BCUT2D eigenvalue weighted by molar-refractivity contribution is 0.414. The second kappa shape index (κ2) is 4.01. The van der Waals surface area contributed by atoms with Crippen molar-refractivity contribution in [1.29, 1.82) is 0 Å². The first kappa shape index (κ1) is 10.1. The molecule has 0 aliphatic carbocycles. The maximum absolute atomic E-state index is 5.21. The molecule has 1 aromatic carbocycles. The van der Waals surface area contributed by atoms with E-state index in [1.807, 2.05) is 12.1 Å². The van der Waals surface area contributed by atoms with Crippen molar-refractivity contribution in [2.75, 3.05) is 24.3 Å². The van der Waals surface area contributed by atoms with Crippen LogP contribution in [0.4, 0.5) is 11.4 Å². The van der Waals surface area contributed by atoms with Crippen LogP contribution in [0.2, 0.25) is 0 Å². The number of hydrogen-bond acceptors (Lipinski definition) is 3. The number of anilines is 2. The molecule has 0 spiro atoms. The quantitative estimate of drug-likeness (QED) is 0.780. The molecule has 1 aliphatic heterocycles. The summed E-state index contributed by atoms with van der Waals surface area (Å²) in [5, 5.41) is 6.96. The van der Waals surface area contributed by atoms with Gasteiger partial charge in [0.1, 0.15) is 5.75 Å². The van der Waals surface area contributed by atoms with Gasteiger partial charge in [-0.2, -0.15) is 0 Å². The van der Waals surface area contributed by atoms with Crippen molar-refractivity contribution >= 4 is 11.4 Å². The smallest absolute Gasteiger partial charge is 0.121 e. The van der Waals surface area contributed by atoms with Crippen LogP contribution in [0.15, 0.2) is 18.2 Å². The van der Waals surface area contributed by atoms with E-state index < -0.39 is 0 Å². The van der Waals surface area contributed by atoms with E-state index in [1.165, 1.54) is 0 Å². The van der Waals surface area contributed by atoms with E-state index in [-0.39, 0.29) is 0 Å². The third kappa shape index (κ3) is 2.01. The molecule has 0 aromatic heterocycles. The van der Waals surface area contributed by atoms with Crippen LogP contribution in [0.3, 0.4) is 0 Å². The standard InChI is InChI=1S/C12H18N2O/c1-8(2)12-7-13-10-5-4-9(15-3)6-11(10)14-12/h4-6,8,12-14H,7H2,1-3H3. The first-order valence-corrected chi connectivity index (χ1v) is 5.39. The van der Waals surface area contributed by atoms with Crippen LogP contribution in [0.1, 0.15) is 13.8 Å². The van der Waals surface area contributed by atoms with Crippen molar-refractivity contribution in [3.63, 3.8) is 0 Å². The van der Waals surface area contributed by atoms with Crippen LogP contribution in [0, 0.1) is 5.92 Å². The summed E-state index contributed by atoms with van der Waals surface area (Å²) in [6, 6.07) is 6.56. The monoisotopic (exact) mass is 206 g/mol. The zero-order valence-corrected chi connectivity index (χ0v) is 9.50. The molecule has 1 aromatic rings. The second-order valence-corrected chi connectivity index (χ2v) is 4.29. The maximum atomic E-state index is 5.21. The zero-order valence-electron chi connectivity index (χ0n) is 9.50. The fourth-order valence-electron chi connectivity index (χ4n) is 1.80. The molecule has 1 heterocycles. The van der Waals surface area contributed by atoms with Crippen molar-refractivity contribution in [1.82, 2.24) is 0 Å². The summed E-state index contributed by atoms with van der Waals surface area (Å²) in [4.78, 5) is 0. The predicted molar refractivity (Wildman–Crippen MR) is 63.7 cm³/mol. The summed E-state index contributed by atoms with van der Waals surface area (Å²) in [6.45, 7) is 5.44. The van der Waals surface area contributed by atoms with Crippen LogP contribution in [0.25, 0.3) is 0 Å². The highest BCUT2D eigenvalue weighted by molar-refractivity contribution is 5.73. The van der Waals surface area contributed by atoms with Crippen molar-refractivity contribution in [2.45, 2.75) is 19.9 Å². The molecule has 0 amide bonds. The van der Waals surface area contributed by atoms with Gasteiger partial charge in [0.25, 0.3) is 0 Å². The van der Waals surface area contributed by atoms with Crippen molar-refractivity contribution in [3.05, 3.63) is 18.2 Å². The highest BCUT2D eigenvalue weighted by Crippen LogP contribution is 2.31. The number of fused-ring (bicyclic) bond motifs is 1. The highest BCUT2D eigenvalue weighted by Gasteiger charge is 2.19. The van der Waals surface area contributed by atoms with E-state index in [0.29, 0.717) is 12.0 Å². The van der Waals surface area contributed by atoms with Gasteiger partial charge in [-0.25, -0.2) is 0 Å². The van der Waals surface area contributed by atoms with Gasteiger partial charge in [0.2, 0.25) is 0 Å².